The number of carbonyl (C=O) groups excluding carboxylic acids is 1. The Morgan fingerprint density at radius 2 is 2.16 bits per heavy atom. The van der Waals surface area contributed by atoms with Crippen LogP contribution in [0.2, 0.25) is 0 Å². The zero-order chi connectivity index (χ0) is 13.8. The maximum atomic E-state index is 12.0. The summed E-state index contributed by atoms with van der Waals surface area (Å²) in [7, 11) is 0. The lowest BCUT2D eigenvalue weighted by Gasteiger charge is -2.29. The first-order chi connectivity index (χ1) is 9.04. The van der Waals surface area contributed by atoms with E-state index in [0.717, 1.165) is 37.2 Å². The third kappa shape index (κ3) is 4.43. The van der Waals surface area contributed by atoms with E-state index in [1.165, 1.54) is 3.57 Å². The van der Waals surface area contributed by atoms with Crippen LogP contribution in [-0.4, -0.2) is 36.5 Å². The van der Waals surface area contributed by atoms with E-state index in [1.807, 2.05) is 19.1 Å². The molecular formula is C14H20IN3O. The van der Waals surface area contributed by atoms with Crippen molar-refractivity contribution in [2.75, 3.05) is 25.0 Å². The minimum atomic E-state index is 0.0554. The standard InChI is InChI=1S/C14H20IN3O/c1-10-8-11(15)2-3-13(10)17-14(19)9-18-6-4-12(16)5-7-18/h2-3,8,12H,4-7,9,16H2,1H3,(H,17,19). The number of hydrogen-bond donors (Lipinski definition) is 2. The van der Waals surface area contributed by atoms with Gasteiger partial charge in [0.1, 0.15) is 0 Å². The average molecular weight is 373 g/mol. The number of piperidine rings is 1. The summed E-state index contributed by atoms with van der Waals surface area (Å²) in [6.07, 6.45) is 1.96. The Balaban J connectivity index is 1.87. The van der Waals surface area contributed by atoms with Crippen molar-refractivity contribution in [1.29, 1.82) is 0 Å². The van der Waals surface area contributed by atoms with E-state index < -0.39 is 0 Å². The van der Waals surface area contributed by atoms with Gasteiger partial charge in [0.2, 0.25) is 5.91 Å². The van der Waals surface area contributed by atoms with Gasteiger partial charge >= 0.3 is 0 Å². The van der Waals surface area contributed by atoms with Crippen LogP contribution in [0, 0.1) is 10.5 Å². The summed E-state index contributed by atoms with van der Waals surface area (Å²) >= 11 is 2.27. The number of likely N-dealkylation sites (tertiary alicyclic amines) is 1. The summed E-state index contributed by atoms with van der Waals surface area (Å²) in [6, 6.07) is 6.33. The van der Waals surface area contributed by atoms with Crippen LogP contribution in [0.5, 0.6) is 0 Å². The van der Waals surface area contributed by atoms with Crippen molar-refractivity contribution in [3.8, 4) is 0 Å². The molecular weight excluding hydrogens is 353 g/mol. The van der Waals surface area contributed by atoms with Crippen LogP contribution in [0.4, 0.5) is 5.69 Å². The molecule has 0 spiro atoms. The smallest absolute Gasteiger partial charge is 0.238 e. The van der Waals surface area contributed by atoms with E-state index in [9.17, 15) is 4.79 Å². The molecule has 19 heavy (non-hydrogen) atoms. The summed E-state index contributed by atoms with van der Waals surface area (Å²) in [5.74, 6) is 0.0554. The van der Waals surface area contributed by atoms with Crippen LogP contribution in [0.3, 0.4) is 0 Å². The highest BCUT2D eigenvalue weighted by molar-refractivity contribution is 14.1. The molecule has 1 aliphatic rings. The second-order valence-electron chi connectivity index (χ2n) is 5.12. The lowest BCUT2D eigenvalue weighted by atomic mass is 10.1. The van der Waals surface area contributed by atoms with Crippen molar-refractivity contribution in [3.63, 3.8) is 0 Å². The lowest BCUT2D eigenvalue weighted by Crippen LogP contribution is -2.43. The minimum absolute atomic E-state index is 0.0554. The van der Waals surface area contributed by atoms with Crippen LogP contribution >= 0.6 is 22.6 Å². The molecule has 5 heteroatoms. The number of nitrogens with two attached hydrogens (primary N) is 1. The molecule has 4 nitrogen and oxygen atoms in total. The number of hydrogen-bond acceptors (Lipinski definition) is 3. The van der Waals surface area contributed by atoms with Gasteiger partial charge in [-0.2, -0.15) is 0 Å². The lowest BCUT2D eigenvalue weighted by molar-refractivity contribution is -0.117. The van der Waals surface area contributed by atoms with Gasteiger partial charge in [-0.3, -0.25) is 9.69 Å². The molecule has 0 radical (unpaired) electrons. The number of nitrogens with zero attached hydrogens (tertiary/aromatic N) is 1. The fraction of sp³-hybridized carbons (Fsp3) is 0.500. The van der Waals surface area contributed by atoms with Crippen molar-refractivity contribution in [3.05, 3.63) is 27.3 Å². The molecule has 0 atom stereocenters. The highest BCUT2D eigenvalue weighted by Crippen LogP contribution is 2.17. The molecule has 104 valence electrons. The highest BCUT2D eigenvalue weighted by atomic mass is 127. The van der Waals surface area contributed by atoms with Gasteiger partial charge in [0.25, 0.3) is 0 Å². The van der Waals surface area contributed by atoms with Crippen molar-refractivity contribution in [1.82, 2.24) is 4.90 Å². The molecule has 0 bridgehead atoms. The van der Waals surface area contributed by atoms with Gasteiger partial charge in [-0.25, -0.2) is 0 Å². The Morgan fingerprint density at radius 3 is 2.79 bits per heavy atom. The molecule has 0 saturated carbocycles. The van der Waals surface area contributed by atoms with Gasteiger partial charge in [0.05, 0.1) is 6.54 Å². The molecule has 1 aliphatic heterocycles. The maximum absolute atomic E-state index is 12.0. The van der Waals surface area contributed by atoms with E-state index in [4.69, 9.17) is 5.73 Å². The second-order valence-corrected chi connectivity index (χ2v) is 6.37. The van der Waals surface area contributed by atoms with E-state index in [-0.39, 0.29) is 5.91 Å². The molecule has 1 heterocycles. The summed E-state index contributed by atoms with van der Waals surface area (Å²) in [5, 5.41) is 2.98. The van der Waals surface area contributed by atoms with E-state index >= 15 is 0 Å². The normalized spacial score (nSPS) is 17.4. The summed E-state index contributed by atoms with van der Waals surface area (Å²) in [5.41, 5.74) is 7.86. The third-order valence-corrected chi connectivity index (χ3v) is 4.13. The van der Waals surface area contributed by atoms with Gasteiger partial charge in [0, 0.05) is 28.4 Å². The number of aryl methyl sites for hydroxylation is 1. The maximum Gasteiger partial charge on any atom is 0.238 e. The van der Waals surface area contributed by atoms with Gasteiger partial charge in [-0.05, 0) is 66.1 Å². The fourth-order valence-electron chi connectivity index (χ4n) is 2.27. The van der Waals surface area contributed by atoms with Crippen LogP contribution in [-0.2, 0) is 4.79 Å². The molecule has 2 rings (SSSR count). The van der Waals surface area contributed by atoms with E-state index in [0.29, 0.717) is 12.6 Å². The Hall–Kier alpha value is -0.660. The topological polar surface area (TPSA) is 58.4 Å². The second kappa shape index (κ2) is 6.67. The summed E-state index contributed by atoms with van der Waals surface area (Å²) in [6.45, 7) is 4.30. The number of amides is 1. The highest BCUT2D eigenvalue weighted by Gasteiger charge is 2.18. The number of nitrogens with one attached hydrogen (secondary N) is 1. The molecule has 1 amide bonds. The van der Waals surface area contributed by atoms with Crippen molar-refractivity contribution < 1.29 is 4.79 Å². The first-order valence-electron chi connectivity index (χ1n) is 6.58. The largest absolute Gasteiger partial charge is 0.328 e. The third-order valence-electron chi connectivity index (χ3n) is 3.46. The van der Waals surface area contributed by atoms with Gasteiger partial charge in [-0.15, -0.1) is 0 Å². The monoisotopic (exact) mass is 373 g/mol. The van der Waals surface area contributed by atoms with Gasteiger partial charge in [-0.1, -0.05) is 0 Å². The zero-order valence-electron chi connectivity index (χ0n) is 11.2. The van der Waals surface area contributed by atoms with Crippen LogP contribution in [0.1, 0.15) is 18.4 Å². The number of halogens is 1. The Morgan fingerprint density at radius 1 is 1.47 bits per heavy atom. The number of carbonyl (C=O) groups is 1. The van der Waals surface area contributed by atoms with E-state index in [2.05, 4.69) is 38.9 Å². The molecule has 0 aliphatic carbocycles. The number of anilines is 1. The quantitative estimate of drug-likeness (QED) is 0.797. The van der Waals surface area contributed by atoms with Crippen LogP contribution in [0.25, 0.3) is 0 Å². The van der Waals surface area contributed by atoms with Gasteiger partial charge < -0.3 is 11.1 Å². The predicted octanol–water partition coefficient (Wildman–Crippen LogP) is 1.96. The Kier molecular flexibility index (Phi) is 5.18. The first kappa shape index (κ1) is 14.7. The molecule has 1 saturated heterocycles. The molecule has 1 aromatic rings. The average Bonchev–Trinajstić information content (AvgIpc) is 2.36. The number of rotatable bonds is 3. The van der Waals surface area contributed by atoms with Crippen LogP contribution in [0.15, 0.2) is 18.2 Å². The van der Waals surface area contributed by atoms with Crippen LogP contribution < -0.4 is 11.1 Å². The number of benzene rings is 1. The zero-order valence-corrected chi connectivity index (χ0v) is 13.3. The van der Waals surface area contributed by atoms with Crippen molar-refractivity contribution in [2.24, 2.45) is 5.73 Å². The molecule has 0 unspecified atom stereocenters. The predicted molar refractivity (Wildman–Crippen MR) is 86.2 cm³/mol. The molecule has 3 N–H and O–H groups in total. The van der Waals surface area contributed by atoms with E-state index in [1.54, 1.807) is 0 Å². The fourth-order valence-corrected chi connectivity index (χ4v) is 2.92. The Labute approximate surface area is 127 Å². The van der Waals surface area contributed by atoms with Crippen molar-refractivity contribution in [2.45, 2.75) is 25.8 Å². The van der Waals surface area contributed by atoms with Crippen molar-refractivity contribution >= 4 is 34.2 Å². The summed E-state index contributed by atoms with van der Waals surface area (Å²) < 4.78 is 1.18. The first-order valence-corrected chi connectivity index (χ1v) is 7.66. The molecule has 0 aromatic heterocycles. The Bertz CT molecular complexity index is 456. The molecule has 1 aromatic carbocycles. The summed E-state index contributed by atoms with van der Waals surface area (Å²) in [4.78, 5) is 14.2. The molecule has 1 fully saturated rings. The SMILES string of the molecule is Cc1cc(I)ccc1NC(=O)CN1CCC(N)CC1. The minimum Gasteiger partial charge on any atom is -0.328 e. The van der Waals surface area contributed by atoms with Gasteiger partial charge in [0.15, 0.2) is 0 Å².